The van der Waals surface area contributed by atoms with E-state index in [1.807, 2.05) is 13.8 Å². The van der Waals surface area contributed by atoms with E-state index in [0.29, 0.717) is 12.6 Å². The molecule has 2 unspecified atom stereocenters. The highest BCUT2D eigenvalue weighted by molar-refractivity contribution is 4.99. The Hall–Kier alpha value is -0.660. The van der Waals surface area contributed by atoms with Crippen LogP contribution >= 0.6 is 0 Å². The molecular weight excluding hydrogens is 303 g/mol. The summed E-state index contributed by atoms with van der Waals surface area (Å²) in [7, 11) is 0. The second-order valence-corrected chi connectivity index (χ2v) is 9.95. The maximum atomic E-state index is 14.0. The third kappa shape index (κ3) is 5.43. The number of hydrogen-bond acceptors (Lipinski definition) is 3. The largest absolute Gasteiger partial charge is 0.378 e. The summed E-state index contributed by atoms with van der Waals surface area (Å²) in [5, 5.41) is 8.68. The molecule has 0 aromatic carbocycles. The van der Waals surface area contributed by atoms with Crippen molar-refractivity contribution in [2.45, 2.75) is 74.0 Å². The van der Waals surface area contributed by atoms with Crippen LogP contribution in [0.3, 0.4) is 0 Å². The fourth-order valence-corrected chi connectivity index (χ4v) is 2.84. The molecule has 2 atom stereocenters. The van der Waals surface area contributed by atoms with Crippen LogP contribution in [0.1, 0.15) is 61.8 Å². The summed E-state index contributed by atoms with van der Waals surface area (Å²) in [6, 6.07) is 2.77. The summed E-state index contributed by atoms with van der Waals surface area (Å²) in [5.41, 5.74) is -0.0314. The maximum Gasteiger partial charge on any atom is 0.116 e. The van der Waals surface area contributed by atoms with Crippen molar-refractivity contribution in [3.63, 3.8) is 0 Å². The van der Waals surface area contributed by atoms with E-state index < -0.39 is 6.17 Å². The van der Waals surface area contributed by atoms with E-state index in [0.717, 1.165) is 26.2 Å². The van der Waals surface area contributed by atoms with E-state index in [-0.39, 0.29) is 22.2 Å². The summed E-state index contributed by atoms with van der Waals surface area (Å²) in [5.74, 6) is 0.217. The lowest BCUT2D eigenvalue weighted by molar-refractivity contribution is -0.0934. The number of nitrogens with zero attached hydrogens (tertiary/aromatic N) is 2. The van der Waals surface area contributed by atoms with Crippen molar-refractivity contribution in [1.82, 2.24) is 4.90 Å². The fraction of sp³-hybridized carbons (Fsp3) is 0.950. The van der Waals surface area contributed by atoms with E-state index in [9.17, 15) is 4.39 Å². The van der Waals surface area contributed by atoms with Gasteiger partial charge in [0.15, 0.2) is 0 Å². The average molecular weight is 341 g/mol. The van der Waals surface area contributed by atoms with Crippen molar-refractivity contribution in [2.75, 3.05) is 26.3 Å². The van der Waals surface area contributed by atoms with Gasteiger partial charge in [0, 0.05) is 6.54 Å². The first-order chi connectivity index (χ1) is 10.8. The molecule has 0 amide bonds. The van der Waals surface area contributed by atoms with E-state index >= 15 is 0 Å². The monoisotopic (exact) mass is 340 g/mol. The normalized spacial score (nSPS) is 26.8. The van der Waals surface area contributed by atoms with E-state index in [2.05, 4.69) is 52.5 Å². The molecule has 2 saturated heterocycles. The Morgan fingerprint density at radius 2 is 1.58 bits per heavy atom. The molecule has 0 aromatic heterocycles. The lowest BCUT2D eigenvalue weighted by Crippen LogP contribution is -2.56. The van der Waals surface area contributed by atoms with Crippen LogP contribution in [0.5, 0.6) is 0 Å². The van der Waals surface area contributed by atoms with Crippen molar-refractivity contribution < 1.29 is 9.13 Å². The quantitative estimate of drug-likeness (QED) is 0.696. The minimum atomic E-state index is -0.667. The number of ether oxygens (including phenoxy) is 1. The highest BCUT2D eigenvalue weighted by Gasteiger charge is 2.40. The number of rotatable bonds is 1. The SMILES string of the molecule is CC(C)(C)C(C)(C)C#N.CC(C)(C)C1CCN(C2COC2)CC1F. The molecule has 3 nitrogen and oxygen atoms in total. The summed E-state index contributed by atoms with van der Waals surface area (Å²) >= 11 is 0. The molecule has 0 spiro atoms. The summed E-state index contributed by atoms with van der Waals surface area (Å²) in [6.45, 7) is 19.8. The molecule has 0 radical (unpaired) electrons. The zero-order chi connectivity index (χ0) is 18.8. The van der Waals surface area contributed by atoms with Gasteiger partial charge < -0.3 is 4.74 Å². The van der Waals surface area contributed by atoms with Crippen molar-refractivity contribution >= 4 is 0 Å². The van der Waals surface area contributed by atoms with Gasteiger partial charge in [-0.1, -0.05) is 41.5 Å². The molecule has 0 saturated carbocycles. The number of halogens is 1. The van der Waals surface area contributed by atoms with Gasteiger partial charge in [-0.2, -0.15) is 5.26 Å². The molecule has 4 heteroatoms. The Balaban J connectivity index is 0.000000277. The third-order valence-corrected chi connectivity index (χ3v) is 5.98. The van der Waals surface area contributed by atoms with E-state index in [1.165, 1.54) is 0 Å². The van der Waals surface area contributed by atoms with Crippen LogP contribution in [0.15, 0.2) is 0 Å². The number of piperidine rings is 1. The van der Waals surface area contributed by atoms with Crippen molar-refractivity contribution in [1.29, 1.82) is 5.26 Å². The zero-order valence-corrected chi connectivity index (χ0v) is 16.9. The Labute approximate surface area is 148 Å². The highest BCUT2D eigenvalue weighted by Crippen LogP contribution is 2.37. The van der Waals surface area contributed by atoms with Crippen LogP contribution in [0.4, 0.5) is 4.39 Å². The first-order valence-electron chi connectivity index (χ1n) is 9.16. The van der Waals surface area contributed by atoms with Gasteiger partial charge in [-0.05, 0) is 43.6 Å². The van der Waals surface area contributed by atoms with Gasteiger partial charge >= 0.3 is 0 Å². The maximum absolute atomic E-state index is 14.0. The van der Waals surface area contributed by atoms with Crippen LogP contribution in [0.2, 0.25) is 0 Å². The summed E-state index contributed by atoms with van der Waals surface area (Å²) in [4.78, 5) is 2.26. The van der Waals surface area contributed by atoms with Crippen LogP contribution in [0, 0.1) is 33.5 Å². The van der Waals surface area contributed by atoms with E-state index in [1.54, 1.807) is 0 Å². The molecule has 0 aromatic rings. The molecule has 140 valence electrons. The van der Waals surface area contributed by atoms with Gasteiger partial charge in [0.05, 0.1) is 30.7 Å². The zero-order valence-electron chi connectivity index (χ0n) is 16.9. The molecule has 2 aliphatic heterocycles. The van der Waals surface area contributed by atoms with Crippen LogP contribution in [-0.2, 0) is 4.74 Å². The van der Waals surface area contributed by atoms with Gasteiger partial charge in [-0.3, -0.25) is 4.90 Å². The smallest absolute Gasteiger partial charge is 0.116 e. The Bertz CT molecular complexity index is 438. The number of hydrogen-bond donors (Lipinski definition) is 0. The Morgan fingerprint density at radius 1 is 1.04 bits per heavy atom. The van der Waals surface area contributed by atoms with Crippen LogP contribution in [0.25, 0.3) is 0 Å². The first-order valence-corrected chi connectivity index (χ1v) is 9.16. The molecule has 0 bridgehead atoms. The minimum absolute atomic E-state index is 0.0851. The molecule has 2 rings (SSSR count). The molecule has 2 aliphatic rings. The van der Waals surface area contributed by atoms with Gasteiger partial charge in [-0.25, -0.2) is 4.39 Å². The van der Waals surface area contributed by atoms with Crippen molar-refractivity contribution in [3.8, 4) is 6.07 Å². The van der Waals surface area contributed by atoms with Crippen LogP contribution in [-0.4, -0.2) is 43.4 Å². The Morgan fingerprint density at radius 3 is 1.83 bits per heavy atom. The van der Waals surface area contributed by atoms with Gasteiger partial charge in [0.2, 0.25) is 0 Å². The highest BCUT2D eigenvalue weighted by atomic mass is 19.1. The number of likely N-dealkylation sites (tertiary alicyclic amines) is 1. The number of alkyl halides is 1. The molecule has 2 fully saturated rings. The average Bonchev–Trinajstić information content (AvgIpc) is 2.34. The summed E-state index contributed by atoms with van der Waals surface area (Å²) < 4.78 is 19.2. The van der Waals surface area contributed by atoms with E-state index in [4.69, 9.17) is 10.00 Å². The molecule has 0 N–H and O–H groups in total. The lowest BCUT2D eigenvalue weighted by atomic mass is 9.70. The topological polar surface area (TPSA) is 36.3 Å². The predicted octanol–water partition coefficient (Wildman–Crippen LogP) is 4.67. The second kappa shape index (κ2) is 7.70. The molecular formula is C20H37FN2O. The van der Waals surface area contributed by atoms with Crippen molar-refractivity contribution in [3.05, 3.63) is 0 Å². The second-order valence-electron chi connectivity index (χ2n) is 9.95. The summed E-state index contributed by atoms with van der Waals surface area (Å²) in [6.07, 6.45) is 0.320. The third-order valence-electron chi connectivity index (χ3n) is 5.98. The predicted molar refractivity (Wildman–Crippen MR) is 97.5 cm³/mol. The van der Waals surface area contributed by atoms with Crippen LogP contribution < -0.4 is 0 Å². The number of nitriles is 1. The van der Waals surface area contributed by atoms with Gasteiger partial charge in [0.1, 0.15) is 6.17 Å². The van der Waals surface area contributed by atoms with Gasteiger partial charge in [0.25, 0.3) is 0 Å². The lowest BCUT2D eigenvalue weighted by Gasteiger charge is -2.45. The minimum Gasteiger partial charge on any atom is -0.378 e. The Kier molecular flexibility index (Phi) is 6.86. The van der Waals surface area contributed by atoms with Gasteiger partial charge in [-0.15, -0.1) is 0 Å². The van der Waals surface area contributed by atoms with Crippen molar-refractivity contribution in [2.24, 2.45) is 22.2 Å². The standard InChI is InChI=1S/C12H22FNO.C8H15N/c1-12(2,3)10-4-5-14(6-11(10)13)9-7-15-8-9;1-7(2,3)8(4,5)6-9/h9-11H,4-8H2,1-3H3;1-5H3. The molecule has 0 aliphatic carbocycles. The molecule has 2 heterocycles. The fourth-order valence-electron chi connectivity index (χ4n) is 2.84. The molecule has 24 heavy (non-hydrogen) atoms. The first kappa shape index (κ1) is 21.4.